The average Bonchev–Trinajstić information content (AvgIpc) is 2.45. The molecule has 2 heterocycles. The van der Waals surface area contributed by atoms with E-state index in [2.05, 4.69) is 55.0 Å². The lowest BCUT2D eigenvalue weighted by Crippen LogP contribution is -2.45. The van der Waals surface area contributed by atoms with Crippen molar-refractivity contribution in [3.8, 4) is 0 Å². The topological polar surface area (TPSA) is 44.3 Å². The molecule has 1 aromatic heterocycles. The molecule has 1 fully saturated rings. The van der Waals surface area contributed by atoms with E-state index in [1.807, 2.05) is 6.20 Å². The van der Waals surface area contributed by atoms with Gasteiger partial charge in [0.15, 0.2) is 0 Å². The summed E-state index contributed by atoms with van der Waals surface area (Å²) in [5, 5.41) is 3.42. The third-order valence-electron chi connectivity index (χ3n) is 4.23. The van der Waals surface area contributed by atoms with Crippen LogP contribution in [0.2, 0.25) is 0 Å². The molecular weight excluding hydrogens is 262 g/mol. The van der Waals surface area contributed by atoms with E-state index in [1.54, 1.807) is 0 Å². The highest BCUT2D eigenvalue weighted by atomic mass is 15.3. The predicted octanol–water partition coefficient (Wildman–Crippen LogP) is 1.81. The quantitative estimate of drug-likeness (QED) is 0.896. The number of hydrogen-bond acceptors (Lipinski definition) is 5. The highest BCUT2D eigenvalue weighted by molar-refractivity contribution is 5.33. The summed E-state index contributed by atoms with van der Waals surface area (Å²) in [6, 6.07) is 0.993. The number of aryl methyl sites for hydroxylation is 1. The van der Waals surface area contributed by atoms with Crippen LogP contribution < -0.4 is 10.2 Å². The Hall–Kier alpha value is -1.20. The zero-order valence-electron chi connectivity index (χ0n) is 14.1. The van der Waals surface area contributed by atoms with Crippen LogP contribution in [0.25, 0.3) is 0 Å². The second-order valence-electron chi connectivity index (χ2n) is 6.49. The van der Waals surface area contributed by atoms with E-state index in [0.717, 1.165) is 24.7 Å². The summed E-state index contributed by atoms with van der Waals surface area (Å²) in [4.78, 5) is 13.9. The first-order chi connectivity index (χ1) is 9.97. The molecule has 0 radical (unpaired) electrons. The number of nitrogens with zero attached hydrogens (tertiary/aromatic N) is 4. The molecule has 0 saturated carbocycles. The fourth-order valence-electron chi connectivity index (χ4n) is 2.76. The van der Waals surface area contributed by atoms with E-state index in [-0.39, 0.29) is 0 Å². The predicted molar refractivity (Wildman–Crippen MR) is 87.7 cm³/mol. The molecule has 0 aliphatic carbocycles. The minimum atomic E-state index is 0.476. The molecule has 5 heteroatoms. The molecule has 2 rings (SSSR count). The van der Waals surface area contributed by atoms with E-state index < -0.39 is 0 Å². The summed E-state index contributed by atoms with van der Waals surface area (Å²) in [6.07, 6.45) is 4.44. The molecule has 21 heavy (non-hydrogen) atoms. The molecule has 5 nitrogen and oxygen atoms in total. The minimum Gasteiger partial charge on any atom is -0.340 e. The number of anilines is 1. The van der Waals surface area contributed by atoms with Gasteiger partial charge >= 0.3 is 0 Å². The number of piperidine rings is 1. The van der Waals surface area contributed by atoms with Crippen LogP contribution in [0.5, 0.6) is 0 Å². The van der Waals surface area contributed by atoms with E-state index in [9.17, 15) is 0 Å². The van der Waals surface area contributed by atoms with Crippen molar-refractivity contribution in [1.82, 2.24) is 20.2 Å². The van der Waals surface area contributed by atoms with Gasteiger partial charge in [-0.3, -0.25) is 0 Å². The second-order valence-corrected chi connectivity index (χ2v) is 6.49. The first kappa shape index (κ1) is 16.2. The molecule has 1 unspecified atom stereocenters. The molecule has 0 amide bonds. The Morgan fingerprint density at radius 3 is 2.86 bits per heavy atom. The number of likely N-dealkylation sites (N-methyl/N-ethyl adjacent to an activating group) is 2. The molecule has 1 aliphatic rings. The van der Waals surface area contributed by atoms with Gasteiger partial charge in [0.25, 0.3) is 0 Å². The zero-order chi connectivity index (χ0) is 15.4. The number of likely N-dealkylation sites (tertiary alicyclic amines) is 1. The second kappa shape index (κ2) is 7.18. The van der Waals surface area contributed by atoms with Crippen LogP contribution in [-0.4, -0.2) is 54.1 Å². The Balaban J connectivity index is 2.04. The van der Waals surface area contributed by atoms with Gasteiger partial charge in [0, 0.05) is 49.7 Å². The van der Waals surface area contributed by atoms with Crippen LogP contribution in [0.4, 0.5) is 5.95 Å². The summed E-state index contributed by atoms with van der Waals surface area (Å²) in [6.45, 7) is 9.50. The molecule has 1 N–H and O–H groups in total. The Bertz CT molecular complexity index is 460. The van der Waals surface area contributed by atoms with Crippen LogP contribution in [0.1, 0.15) is 37.9 Å². The van der Waals surface area contributed by atoms with E-state index in [0.29, 0.717) is 12.1 Å². The first-order valence-corrected chi connectivity index (χ1v) is 7.94. The Morgan fingerprint density at radius 2 is 2.24 bits per heavy atom. The Morgan fingerprint density at radius 1 is 1.48 bits per heavy atom. The summed E-state index contributed by atoms with van der Waals surface area (Å²) < 4.78 is 0. The van der Waals surface area contributed by atoms with Crippen molar-refractivity contribution in [3.63, 3.8) is 0 Å². The lowest BCUT2D eigenvalue weighted by Gasteiger charge is -2.35. The van der Waals surface area contributed by atoms with Crippen LogP contribution in [0.15, 0.2) is 6.20 Å². The molecule has 1 atom stereocenters. The van der Waals surface area contributed by atoms with E-state index >= 15 is 0 Å². The standard InChI is InChI=1S/C16H29N5/c1-12(2)17-9-14-10-18-16(19-13(14)3)21(5)15-7-6-8-20(4)11-15/h10,12,15,17H,6-9,11H2,1-5H3. The normalized spacial score (nSPS) is 20.0. The lowest BCUT2D eigenvalue weighted by molar-refractivity contribution is 0.247. The fraction of sp³-hybridized carbons (Fsp3) is 0.750. The van der Waals surface area contributed by atoms with Gasteiger partial charge in [-0.25, -0.2) is 9.97 Å². The third kappa shape index (κ3) is 4.38. The van der Waals surface area contributed by atoms with Gasteiger partial charge in [0.05, 0.1) is 0 Å². The molecule has 1 aliphatic heterocycles. The van der Waals surface area contributed by atoms with Gasteiger partial charge in [0.1, 0.15) is 0 Å². The smallest absolute Gasteiger partial charge is 0.225 e. The monoisotopic (exact) mass is 291 g/mol. The summed E-state index contributed by atoms with van der Waals surface area (Å²) in [5.41, 5.74) is 2.26. The van der Waals surface area contributed by atoms with Gasteiger partial charge < -0.3 is 15.1 Å². The Labute approximate surface area is 128 Å². The van der Waals surface area contributed by atoms with Gasteiger partial charge in [-0.05, 0) is 33.4 Å². The van der Waals surface area contributed by atoms with Crippen LogP contribution in [0, 0.1) is 6.92 Å². The average molecular weight is 291 g/mol. The maximum absolute atomic E-state index is 4.71. The highest BCUT2D eigenvalue weighted by Crippen LogP contribution is 2.18. The summed E-state index contributed by atoms with van der Waals surface area (Å²) in [5.74, 6) is 0.848. The van der Waals surface area contributed by atoms with Crippen LogP contribution in [0.3, 0.4) is 0 Å². The minimum absolute atomic E-state index is 0.476. The first-order valence-electron chi connectivity index (χ1n) is 7.94. The lowest BCUT2D eigenvalue weighted by atomic mass is 10.1. The van der Waals surface area contributed by atoms with Gasteiger partial charge in [-0.15, -0.1) is 0 Å². The molecule has 0 aromatic carbocycles. The SMILES string of the molecule is Cc1nc(N(C)C2CCCN(C)C2)ncc1CNC(C)C. The number of nitrogens with one attached hydrogen (secondary N) is 1. The fourth-order valence-corrected chi connectivity index (χ4v) is 2.76. The highest BCUT2D eigenvalue weighted by Gasteiger charge is 2.23. The zero-order valence-corrected chi connectivity index (χ0v) is 14.1. The number of rotatable bonds is 5. The molecule has 1 saturated heterocycles. The maximum atomic E-state index is 4.71. The molecule has 0 spiro atoms. The van der Waals surface area contributed by atoms with E-state index in [4.69, 9.17) is 4.98 Å². The third-order valence-corrected chi connectivity index (χ3v) is 4.23. The molecule has 1 aromatic rings. The van der Waals surface area contributed by atoms with E-state index in [1.165, 1.54) is 24.9 Å². The Kier molecular flexibility index (Phi) is 5.53. The van der Waals surface area contributed by atoms with Crippen molar-refractivity contribution in [3.05, 3.63) is 17.5 Å². The molecule has 118 valence electrons. The van der Waals surface area contributed by atoms with Crippen molar-refractivity contribution in [2.24, 2.45) is 0 Å². The van der Waals surface area contributed by atoms with Crippen molar-refractivity contribution >= 4 is 5.95 Å². The molecule has 0 bridgehead atoms. The number of aromatic nitrogens is 2. The largest absolute Gasteiger partial charge is 0.340 e. The van der Waals surface area contributed by atoms with Gasteiger partial charge in [-0.2, -0.15) is 0 Å². The van der Waals surface area contributed by atoms with Crippen molar-refractivity contribution < 1.29 is 0 Å². The van der Waals surface area contributed by atoms with Crippen LogP contribution >= 0.6 is 0 Å². The summed E-state index contributed by atoms with van der Waals surface area (Å²) in [7, 11) is 4.30. The van der Waals surface area contributed by atoms with Crippen molar-refractivity contribution in [2.45, 2.75) is 52.2 Å². The maximum Gasteiger partial charge on any atom is 0.225 e. The van der Waals surface area contributed by atoms with Crippen molar-refractivity contribution in [1.29, 1.82) is 0 Å². The van der Waals surface area contributed by atoms with Gasteiger partial charge in [-0.1, -0.05) is 13.8 Å². The summed E-state index contributed by atoms with van der Waals surface area (Å²) >= 11 is 0. The van der Waals surface area contributed by atoms with Crippen LogP contribution in [-0.2, 0) is 6.54 Å². The van der Waals surface area contributed by atoms with Crippen molar-refractivity contribution in [2.75, 3.05) is 32.1 Å². The van der Waals surface area contributed by atoms with Gasteiger partial charge in [0.2, 0.25) is 5.95 Å². The number of hydrogen-bond donors (Lipinski definition) is 1. The molecular formula is C16H29N5.